The quantitative estimate of drug-likeness (QED) is 0.822. The molecule has 0 aliphatic carbocycles. The molecule has 0 radical (unpaired) electrons. The Morgan fingerprint density at radius 3 is 2.50 bits per heavy atom. The second-order valence-electron chi connectivity index (χ2n) is 5.76. The maximum Gasteiger partial charge on any atom is 0.241 e. The molecule has 2 heterocycles. The number of likely N-dealkylation sites (tertiary alicyclic amines) is 1. The zero-order valence-corrected chi connectivity index (χ0v) is 16.0. The fraction of sp³-hybridized carbons (Fsp3) is 0.667. The van der Waals surface area contributed by atoms with E-state index in [1.807, 2.05) is 31.0 Å². The number of amides is 1. The monoisotopic (exact) mass is 379 g/mol. The van der Waals surface area contributed by atoms with Crippen molar-refractivity contribution in [1.29, 1.82) is 0 Å². The predicted molar refractivity (Wildman–Crippen MR) is 99.1 cm³/mol. The van der Waals surface area contributed by atoms with Crippen LogP contribution in [0.25, 0.3) is 0 Å². The van der Waals surface area contributed by atoms with Gasteiger partial charge in [-0.25, -0.2) is 0 Å². The van der Waals surface area contributed by atoms with Gasteiger partial charge in [0.2, 0.25) is 5.91 Å². The Hall–Kier alpha value is -1.15. The number of hydrogen-bond acceptors (Lipinski definition) is 6. The van der Waals surface area contributed by atoms with Gasteiger partial charge in [-0.1, -0.05) is 0 Å². The van der Waals surface area contributed by atoms with Crippen LogP contribution in [0.3, 0.4) is 0 Å². The second kappa shape index (κ2) is 10.7. The van der Waals surface area contributed by atoms with E-state index in [9.17, 15) is 4.79 Å². The summed E-state index contributed by atoms with van der Waals surface area (Å²) in [5.74, 6) is 0.838. The summed E-state index contributed by atoms with van der Waals surface area (Å²) in [6.07, 6.45) is 1.80. The number of carbonyl (C=O) groups is 1. The van der Waals surface area contributed by atoms with Gasteiger partial charge in [0.15, 0.2) is 5.82 Å². The van der Waals surface area contributed by atoms with E-state index in [0.717, 1.165) is 24.4 Å². The van der Waals surface area contributed by atoms with E-state index in [1.165, 1.54) is 0 Å². The summed E-state index contributed by atoms with van der Waals surface area (Å²) >= 11 is 0. The van der Waals surface area contributed by atoms with Crippen LogP contribution in [0.4, 0.5) is 5.82 Å². The van der Waals surface area contributed by atoms with Crippen molar-refractivity contribution in [3.8, 4) is 0 Å². The van der Waals surface area contributed by atoms with Crippen LogP contribution in [-0.4, -0.2) is 66.9 Å². The highest BCUT2D eigenvalue weighted by molar-refractivity contribution is 5.85. The highest BCUT2D eigenvalue weighted by Gasteiger charge is 2.28. The molecule has 1 amide bonds. The average molecular weight is 380 g/mol. The molecule has 2 N–H and O–H groups in total. The first-order valence-corrected chi connectivity index (χ1v) is 7.59. The third-order valence-corrected chi connectivity index (χ3v) is 4.13. The van der Waals surface area contributed by atoms with Crippen molar-refractivity contribution in [2.45, 2.75) is 31.8 Å². The minimum absolute atomic E-state index is 0. The van der Waals surface area contributed by atoms with Crippen molar-refractivity contribution in [3.05, 3.63) is 17.8 Å². The maximum absolute atomic E-state index is 12.2. The number of nitrogens with zero attached hydrogens (tertiary/aromatic N) is 4. The Morgan fingerprint density at radius 2 is 2.00 bits per heavy atom. The highest BCUT2D eigenvalue weighted by Crippen LogP contribution is 2.20. The number of anilines is 1. The zero-order chi connectivity index (χ0) is 16.1. The second-order valence-corrected chi connectivity index (χ2v) is 5.76. The predicted octanol–water partition coefficient (Wildman–Crippen LogP) is 1.03. The van der Waals surface area contributed by atoms with Crippen molar-refractivity contribution in [1.82, 2.24) is 15.1 Å². The van der Waals surface area contributed by atoms with Crippen LogP contribution < -0.4 is 10.6 Å². The Kier molecular flexibility index (Phi) is 10.1. The normalized spacial score (nSPS) is 15.9. The van der Waals surface area contributed by atoms with E-state index in [-0.39, 0.29) is 37.3 Å². The lowest BCUT2D eigenvalue weighted by atomic mass is 10.0. The van der Waals surface area contributed by atoms with Crippen LogP contribution in [-0.2, 0) is 9.53 Å². The van der Waals surface area contributed by atoms with Gasteiger partial charge in [-0.15, -0.1) is 29.9 Å². The molecule has 7 nitrogen and oxygen atoms in total. The van der Waals surface area contributed by atoms with Gasteiger partial charge in [0.25, 0.3) is 0 Å². The molecule has 1 saturated heterocycles. The first-order chi connectivity index (χ1) is 10.5. The molecule has 138 valence electrons. The van der Waals surface area contributed by atoms with Crippen molar-refractivity contribution in [2.75, 3.05) is 38.8 Å². The number of nitrogens with two attached hydrogens (primary N) is 1. The summed E-state index contributed by atoms with van der Waals surface area (Å²) in [6.45, 7) is 3.61. The topological polar surface area (TPSA) is 84.6 Å². The first-order valence-electron chi connectivity index (χ1n) is 7.59. The molecule has 0 spiro atoms. The fourth-order valence-corrected chi connectivity index (χ4v) is 2.73. The lowest BCUT2D eigenvalue weighted by Gasteiger charge is -2.37. The molecular formula is C15H27Cl2N5O2. The van der Waals surface area contributed by atoms with Crippen molar-refractivity contribution in [2.24, 2.45) is 5.73 Å². The Labute approximate surface area is 155 Å². The summed E-state index contributed by atoms with van der Waals surface area (Å²) in [5.41, 5.74) is 6.72. The molecule has 1 unspecified atom stereocenters. The summed E-state index contributed by atoms with van der Waals surface area (Å²) in [6, 6.07) is 3.73. The Balaban J connectivity index is 0.00000264. The number of methoxy groups -OCH3 is 1. The van der Waals surface area contributed by atoms with Crippen LogP contribution in [0, 0.1) is 6.92 Å². The van der Waals surface area contributed by atoms with Gasteiger partial charge >= 0.3 is 0 Å². The lowest BCUT2D eigenvalue weighted by Crippen LogP contribution is -2.51. The number of halogens is 2. The third-order valence-electron chi connectivity index (χ3n) is 4.13. The van der Waals surface area contributed by atoms with Crippen molar-refractivity contribution >= 4 is 36.5 Å². The molecular weight excluding hydrogens is 353 g/mol. The van der Waals surface area contributed by atoms with Crippen LogP contribution >= 0.6 is 24.8 Å². The molecule has 1 aromatic heterocycles. The molecule has 1 aliphatic heterocycles. The summed E-state index contributed by atoms with van der Waals surface area (Å²) in [7, 11) is 3.58. The molecule has 2 rings (SSSR count). The fourth-order valence-electron chi connectivity index (χ4n) is 2.73. The SMILES string of the molecule is COCC(N)C(=O)N1CCC(N(C)c2ccc(C)nn2)CC1.Cl.Cl. The minimum Gasteiger partial charge on any atom is -0.383 e. The van der Waals surface area contributed by atoms with Gasteiger partial charge in [-0.05, 0) is 31.9 Å². The smallest absolute Gasteiger partial charge is 0.241 e. The highest BCUT2D eigenvalue weighted by atomic mass is 35.5. The molecule has 0 aromatic carbocycles. The van der Waals surface area contributed by atoms with Crippen LogP contribution in [0.5, 0.6) is 0 Å². The molecule has 9 heteroatoms. The molecule has 1 atom stereocenters. The van der Waals surface area contributed by atoms with Gasteiger partial charge in [0.05, 0.1) is 12.3 Å². The molecule has 0 bridgehead atoms. The number of hydrogen-bond donors (Lipinski definition) is 1. The number of piperidine rings is 1. The summed E-state index contributed by atoms with van der Waals surface area (Å²) in [5, 5.41) is 8.31. The summed E-state index contributed by atoms with van der Waals surface area (Å²) < 4.78 is 4.95. The van der Waals surface area contributed by atoms with E-state index < -0.39 is 6.04 Å². The lowest BCUT2D eigenvalue weighted by molar-refractivity contribution is -0.134. The van der Waals surface area contributed by atoms with Gasteiger partial charge in [0.1, 0.15) is 6.04 Å². The van der Waals surface area contributed by atoms with Crippen LogP contribution in [0.15, 0.2) is 12.1 Å². The van der Waals surface area contributed by atoms with E-state index in [4.69, 9.17) is 10.5 Å². The molecule has 1 aromatic rings. The summed E-state index contributed by atoms with van der Waals surface area (Å²) in [4.78, 5) is 16.1. The van der Waals surface area contributed by atoms with E-state index in [2.05, 4.69) is 15.1 Å². The van der Waals surface area contributed by atoms with E-state index in [1.54, 1.807) is 7.11 Å². The van der Waals surface area contributed by atoms with Gasteiger partial charge < -0.3 is 20.3 Å². The molecule has 1 aliphatic rings. The van der Waals surface area contributed by atoms with Crippen molar-refractivity contribution < 1.29 is 9.53 Å². The van der Waals surface area contributed by atoms with Gasteiger partial charge in [-0.3, -0.25) is 4.79 Å². The molecule has 0 saturated carbocycles. The third kappa shape index (κ3) is 5.73. The zero-order valence-electron chi connectivity index (χ0n) is 14.3. The first kappa shape index (κ1) is 22.9. The number of aromatic nitrogens is 2. The van der Waals surface area contributed by atoms with Crippen LogP contribution in [0.2, 0.25) is 0 Å². The van der Waals surface area contributed by atoms with Crippen LogP contribution in [0.1, 0.15) is 18.5 Å². The number of ether oxygens (including phenoxy) is 1. The van der Waals surface area contributed by atoms with Gasteiger partial charge in [-0.2, -0.15) is 5.10 Å². The Morgan fingerprint density at radius 1 is 1.38 bits per heavy atom. The molecule has 24 heavy (non-hydrogen) atoms. The maximum atomic E-state index is 12.2. The number of carbonyl (C=O) groups excluding carboxylic acids is 1. The number of aryl methyl sites for hydroxylation is 1. The van der Waals surface area contributed by atoms with E-state index >= 15 is 0 Å². The standard InChI is InChI=1S/C15H25N5O2.2ClH/c1-11-4-5-14(18-17-11)19(2)12-6-8-20(9-7-12)15(21)13(16)10-22-3;;/h4-5,12-13H,6-10,16H2,1-3H3;2*1H. The largest absolute Gasteiger partial charge is 0.383 e. The molecule has 1 fully saturated rings. The average Bonchev–Trinajstić information content (AvgIpc) is 2.54. The van der Waals surface area contributed by atoms with Crippen molar-refractivity contribution in [3.63, 3.8) is 0 Å². The van der Waals surface area contributed by atoms with E-state index in [0.29, 0.717) is 19.1 Å². The van der Waals surface area contributed by atoms with Gasteiger partial charge in [0, 0.05) is 33.3 Å². The Bertz CT molecular complexity index is 495. The number of rotatable bonds is 5. The minimum atomic E-state index is -0.567.